The molecule has 2 N–H and O–H groups in total. The highest BCUT2D eigenvalue weighted by atomic mass is 32.2. The number of hydrogen-bond donors (Lipinski definition) is 1. The number of ether oxygens (including phenoxy) is 1. The van der Waals surface area contributed by atoms with E-state index in [9.17, 15) is 4.39 Å². The fraction of sp³-hybridized carbons (Fsp3) is 0.455. The Morgan fingerprint density at radius 1 is 1.53 bits per heavy atom. The quantitative estimate of drug-likeness (QED) is 0.788. The molecule has 0 bridgehead atoms. The maximum Gasteiger partial charge on any atom is 0.165 e. The van der Waals surface area contributed by atoms with E-state index in [1.807, 2.05) is 13.2 Å². The van der Waals surface area contributed by atoms with Crippen molar-refractivity contribution in [1.82, 2.24) is 0 Å². The van der Waals surface area contributed by atoms with Crippen LogP contribution in [0, 0.1) is 5.82 Å². The van der Waals surface area contributed by atoms with Crippen molar-refractivity contribution in [2.75, 3.05) is 18.6 Å². The van der Waals surface area contributed by atoms with Gasteiger partial charge in [0.25, 0.3) is 0 Å². The number of hydrogen-bond acceptors (Lipinski definition) is 3. The maximum absolute atomic E-state index is 13.5. The zero-order chi connectivity index (χ0) is 11.3. The van der Waals surface area contributed by atoms with Crippen LogP contribution >= 0.6 is 11.8 Å². The molecule has 0 amide bonds. The first-order valence-corrected chi connectivity index (χ1v) is 6.21. The van der Waals surface area contributed by atoms with E-state index in [4.69, 9.17) is 10.5 Å². The average Bonchev–Trinajstić information content (AvgIpc) is 2.20. The van der Waals surface area contributed by atoms with Crippen LogP contribution in [-0.2, 0) is 0 Å². The lowest BCUT2D eigenvalue weighted by molar-refractivity contribution is 0.324. The Kier molecular flexibility index (Phi) is 4.91. The van der Waals surface area contributed by atoms with Gasteiger partial charge >= 0.3 is 0 Å². The normalized spacial score (nSPS) is 12.5. The second-order valence-electron chi connectivity index (χ2n) is 3.32. The summed E-state index contributed by atoms with van der Waals surface area (Å²) in [4.78, 5) is 0. The van der Waals surface area contributed by atoms with Gasteiger partial charge < -0.3 is 10.5 Å². The summed E-state index contributed by atoms with van der Waals surface area (Å²) >= 11 is 1.67. The van der Waals surface area contributed by atoms with E-state index in [1.165, 1.54) is 6.07 Å². The van der Waals surface area contributed by atoms with E-state index in [2.05, 4.69) is 0 Å². The Hall–Kier alpha value is -0.740. The van der Waals surface area contributed by atoms with Crippen molar-refractivity contribution in [1.29, 1.82) is 0 Å². The van der Waals surface area contributed by atoms with Gasteiger partial charge in [-0.1, -0.05) is 6.07 Å². The third-order valence-corrected chi connectivity index (χ3v) is 2.60. The zero-order valence-electron chi connectivity index (χ0n) is 9.00. The van der Waals surface area contributed by atoms with E-state index in [-0.39, 0.29) is 11.9 Å². The minimum atomic E-state index is -0.342. The van der Waals surface area contributed by atoms with E-state index < -0.39 is 0 Å². The summed E-state index contributed by atoms with van der Waals surface area (Å²) < 4.78 is 18.7. The van der Waals surface area contributed by atoms with Gasteiger partial charge in [-0.05, 0) is 30.9 Å². The van der Waals surface area contributed by atoms with Crippen molar-refractivity contribution < 1.29 is 9.13 Å². The first kappa shape index (κ1) is 12.3. The molecule has 1 unspecified atom stereocenters. The Labute approximate surface area is 94.0 Å². The number of halogens is 1. The van der Waals surface area contributed by atoms with Gasteiger partial charge in [0.2, 0.25) is 0 Å². The van der Waals surface area contributed by atoms with Gasteiger partial charge in [0.1, 0.15) is 0 Å². The van der Waals surface area contributed by atoms with Crippen LogP contribution in [0.3, 0.4) is 0 Å². The Morgan fingerprint density at radius 3 is 2.80 bits per heavy atom. The molecule has 0 radical (unpaired) electrons. The van der Waals surface area contributed by atoms with Crippen molar-refractivity contribution >= 4 is 11.8 Å². The molecule has 1 aromatic carbocycles. The smallest absolute Gasteiger partial charge is 0.165 e. The van der Waals surface area contributed by atoms with Gasteiger partial charge in [-0.2, -0.15) is 11.8 Å². The van der Waals surface area contributed by atoms with E-state index in [0.717, 1.165) is 11.3 Å². The highest BCUT2D eigenvalue weighted by molar-refractivity contribution is 7.98. The van der Waals surface area contributed by atoms with Crippen LogP contribution in [-0.4, -0.2) is 18.6 Å². The number of benzene rings is 1. The van der Waals surface area contributed by atoms with Gasteiger partial charge in [-0.15, -0.1) is 0 Å². The topological polar surface area (TPSA) is 35.2 Å². The van der Waals surface area contributed by atoms with Crippen molar-refractivity contribution in [2.24, 2.45) is 5.73 Å². The fourth-order valence-corrected chi connectivity index (χ4v) is 1.40. The second-order valence-corrected chi connectivity index (χ2v) is 4.31. The van der Waals surface area contributed by atoms with Crippen molar-refractivity contribution in [2.45, 2.75) is 13.0 Å². The molecule has 0 aliphatic rings. The van der Waals surface area contributed by atoms with Gasteiger partial charge in [0.15, 0.2) is 11.6 Å². The lowest BCUT2D eigenvalue weighted by Gasteiger charge is -2.09. The molecule has 4 heteroatoms. The summed E-state index contributed by atoms with van der Waals surface area (Å²) in [5, 5.41) is 0. The Bertz CT molecular complexity index is 317. The highest BCUT2D eigenvalue weighted by Crippen LogP contribution is 2.21. The summed E-state index contributed by atoms with van der Waals surface area (Å²) in [5.41, 5.74) is 6.43. The zero-order valence-corrected chi connectivity index (χ0v) is 9.81. The molecule has 2 nitrogen and oxygen atoms in total. The lowest BCUT2D eigenvalue weighted by Crippen LogP contribution is -2.06. The molecule has 0 aliphatic heterocycles. The predicted octanol–water partition coefficient (Wildman–Crippen LogP) is 2.59. The van der Waals surface area contributed by atoms with Crippen molar-refractivity contribution in [3.8, 4) is 5.75 Å². The molecule has 0 aliphatic carbocycles. The SMILES string of the molecule is CSCCOc1ccc(C(C)N)cc1F. The number of rotatable bonds is 5. The Morgan fingerprint density at radius 2 is 2.27 bits per heavy atom. The molecule has 0 fully saturated rings. The van der Waals surface area contributed by atoms with Crippen LogP contribution < -0.4 is 10.5 Å². The predicted molar refractivity (Wildman–Crippen MR) is 62.9 cm³/mol. The third kappa shape index (κ3) is 3.72. The fourth-order valence-electron chi connectivity index (χ4n) is 1.15. The molecule has 1 atom stereocenters. The molecular formula is C11H16FNOS. The molecular weight excluding hydrogens is 213 g/mol. The van der Waals surface area contributed by atoms with E-state index >= 15 is 0 Å². The minimum absolute atomic E-state index is 0.153. The maximum atomic E-state index is 13.5. The summed E-state index contributed by atoms with van der Waals surface area (Å²) in [6.07, 6.45) is 1.99. The molecule has 1 aromatic rings. The van der Waals surface area contributed by atoms with Crippen LogP contribution in [0.5, 0.6) is 5.75 Å². The van der Waals surface area contributed by atoms with Gasteiger partial charge in [0, 0.05) is 11.8 Å². The summed E-state index contributed by atoms with van der Waals surface area (Å²) in [6.45, 7) is 2.35. The summed E-state index contributed by atoms with van der Waals surface area (Å²) in [6, 6.07) is 4.70. The summed E-state index contributed by atoms with van der Waals surface area (Å²) in [7, 11) is 0. The molecule has 0 saturated heterocycles. The van der Waals surface area contributed by atoms with Crippen LogP contribution in [0.25, 0.3) is 0 Å². The third-order valence-electron chi connectivity index (χ3n) is 2.03. The highest BCUT2D eigenvalue weighted by Gasteiger charge is 2.06. The second kappa shape index (κ2) is 5.98. The summed E-state index contributed by atoms with van der Waals surface area (Å²) in [5.74, 6) is 0.813. The molecule has 0 heterocycles. The standard InChI is InChI=1S/C11H16FNOS/c1-8(13)9-3-4-11(10(12)7-9)14-5-6-15-2/h3-4,7-8H,5-6,13H2,1-2H3. The average molecular weight is 229 g/mol. The Balaban J connectivity index is 2.66. The first-order valence-electron chi connectivity index (χ1n) is 4.82. The number of nitrogens with two attached hydrogens (primary N) is 1. The lowest BCUT2D eigenvalue weighted by atomic mass is 10.1. The van der Waals surface area contributed by atoms with E-state index in [0.29, 0.717) is 12.4 Å². The van der Waals surface area contributed by atoms with Crippen molar-refractivity contribution in [3.05, 3.63) is 29.6 Å². The van der Waals surface area contributed by atoms with Crippen LogP contribution in [0.2, 0.25) is 0 Å². The molecule has 84 valence electrons. The first-order chi connectivity index (χ1) is 7.15. The van der Waals surface area contributed by atoms with Crippen molar-refractivity contribution in [3.63, 3.8) is 0 Å². The molecule has 15 heavy (non-hydrogen) atoms. The molecule has 0 aromatic heterocycles. The minimum Gasteiger partial charge on any atom is -0.490 e. The van der Waals surface area contributed by atoms with E-state index in [1.54, 1.807) is 23.9 Å². The van der Waals surface area contributed by atoms with Crippen LogP contribution in [0.4, 0.5) is 4.39 Å². The van der Waals surface area contributed by atoms with Gasteiger partial charge in [0.05, 0.1) is 6.61 Å². The number of thioether (sulfide) groups is 1. The monoisotopic (exact) mass is 229 g/mol. The van der Waals surface area contributed by atoms with Gasteiger partial charge in [-0.25, -0.2) is 4.39 Å². The van der Waals surface area contributed by atoms with Crippen LogP contribution in [0.15, 0.2) is 18.2 Å². The molecule has 1 rings (SSSR count). The largest absolute Gasteiger partial charge is 0.490 e. The molecule has 0 saturated carbocycles. The van der Waals surface area contributed by atoms with Gasteiger partial charge in [-0.3, -0.25) is 0 Å². The van der Waals surface area contributed by atoms with Crippen LogP contribution in [0.1, 0.15) is 18.5 Å². The molecule has 0 spiro atoms.